The zero-order valence-electron chi connectivity index (χ0n) is 15.9. The summed E-state index contributed by atoms with van der Waals surface area (Å²) in [6.45, 7) is 5.38. The molecule has 2 aromatic carbocycles. The molecule has 0 N–H and O–H groups in total. The Balaban J connectivity index is 1.37. The fraction of sp³-hybridized carbons (Fsp3) is 0.409. The largest absolute Gasteiger partial charge is 0.416 e. The molecule has 148 valence electrons. The fourth-order valence-corrected chi connectivity index (χ4v) is 4.12. The molecule has 0 amide bonds. The van der Waals surface area contributed by atoms with Gasteiger partial charge >= 0.3 is 6.18 Å². The first-order valence-electron chi connectivity index (χ1n) is 9.70. The third-order valence-electron chi connectivity index (χ3n) is 5.65. The van der Waals surface area contributed by atoms with Crippen LogP contribution in [0.1, 0.15) is 29.8 Å². The number of imidazole rings is 1. The van der Waals surface area contributed by atoms with Crippen molar-refractivity contribution in [2.24, 2.45) is 5.92 Å². The third-order valence-corrected chi connectivity index (χ3v) is 5.65. The van der Waals surface area contributed by atoms with E-state index in [1.807, 2.05) is 25.1 Å². The van der Waals surface area contributed by atoms with Crippen LogP contribution in [0.15, 0.2) is 48.5 Å². The molecule has 0 radical (unpaired) electrons. The molecule has 3 aromatic rings. The number of alkyl halides is 3. The van der Waals surface area contributed by atoms with E-state index in [1.165, 1.54) is 17.6 Å². The van der Waals surface area contributed by atoms with Crippen LogP contribution in [0.25, 0.3) is 11.0 Å². The highest BCUT2D eigenvalue weighted by atomic mass is 19.4. The molecular formula is C22H24F3N3. The van der Waals surface area contributed by atoms with Gasteiger partial charge in [0, 0.05) is 13.1 Å². The predicted molar refractivity (Wildman–Crippen MR) is 104 cm³/mol. The van der Waals surface area contributed by atoms with E-state index in [0.717, 1.165) is 55.4 Å². The Bertz CT molecular complexity index is 953. The van der Waals surface area contributed by atoms with Crippen molar-refractivity contribution in [1.29, 1.82) is 0 Å². The molecular weight excluding hydrogens is 363 g/mol. The fourth-order valence-electron chi connectivity index (χ4n) is 4.12. The van der Waals surface area contributed by atoms with Crippen LogP contribution in [-0.4, -0.2) is 27.5 Å². The number of aromatic nitrogens is 2. The van der Waals surface area contributed by atoms with Crippen molar-refractivity contribution in [3.8, 4) is 0 Å². The molecule has 1 aliphatic heterocycles. The maximum atomic E-state index is 12.9. The van der Waals surface area contributed by atoms with Gasteiger partial charge in [-0.25, -0.2) is 4.98 Å². The van der Waals surface area contributed by atoms with Gasteiger partial charge in [-0.1, -0.05) is 30.3 Å². The first kappa shape index (κ1) is 19.0. The Morgan fingerprint density at radius 1 is 1.04 bits per heavy atom. The summed E-state index contributed by atoms with van der Waals surface area (Å²) in [6.07, 6.45) is -2.19. The minimum atomic E-state index is -4.28. The lowest BCUT2D eigenvalue weighted by molar-refractivity contribution is -0.137. The number of likely N-dealkylation sites (tertiary alicyclic amines) is 1. The molecule has 28 heavy (non-hydrogen) atoms. The zero-order valence-corrected chi connectivity index (χ0v) is 15.9. The first-order chi connectivity index (χ1) is 13.4. The van der Waals surface area contributed by atoms with Crippen LogP contribution in [0, 0.1) is 12.8 Å². The Morgan fingerprint density at radius 3 is 2.54 bits per heavy atom. The standard InChI is InChI=1S/C22H24F3N3/c1-16-26-20-7-2-3-8-21(20)28(16)15-17-9-11-27(12-10-17)14-18-5-4-6-19(13-18)22(23,24)25/h2-8,13,17H,9-12,14-15H2,1H3. The molecule has 3 nitrogen and oxygen atoms in total. The molecule has 2 heterocycles. The first-order valence-corrected chi connectivity index (χ1v) is 9.70. The highest BCUT2D eigenvalue weighted by molar-refractivity contribution is 5.75. The van der Waals surface area contributed by atoms with Gasteiger partial charge in [-0.3, -0.25) is 4.90 Å². The van der Waals surface area contributed by atoms with E-state index in [9.17, 15) is 13.2 Å². The molecule has 1 aromatic heterocycles. The molecule has 0 spiro atoms. The van der Waals surface area contributed by atoms with E-state index in [0.29, 0.717) is 12.5 Å². The highest BCUT2D eigenvalue weighted by Gasteiger charge is 2.30. The highest BCUT2D eigenvalue weighted by Crippen LogP contribution is 2.30. The monoisotopic (exact) mass is 387 g/mol. The number of benzene rings is 2. The summed E-state index contributed by atoms with van der Waals surface area (Å²) in [6, 6.07) is 13.9. The molecule has 0 aliphatic carbocycles. The maximum Gasteiger partial charge on any atom is 0.416 e. The molecule has 6 heteroatoms. The van der Waals surface area contributed by atoms with Crippen LogP contribution in [0.2, 0.25) is 0 Å². The maximum absolute atomic E-state index is 12.9. The number of rotatable bonds is 4. The Hall–Kier alpha value is -2.34. The smallest absolute Gasteiger partial charge is 0.328 e. The second-order valence-electron chi connectivity index (χ2n) is 7.68. The molecule has 1 saturated heterocycles. The van der Waals surface area contributed by atoms with Gasteiger partial charge in [0.15, 0.2) is 0 Å². The quantitative estimate of drug-likeness (QED) is 0.608. The summed E-state index contributed by atoms with van der Waals surface area (Å²) in [5.41, 5.74) is 2.36. The van der Waals surface area contributed by atoms with Crippen molar-refractivity contribution >= 4 is 11.0 Å². The Morgan fingerprint density at radius 2 is 1.79 bits per heavy atom. The number of fused-ring (bicyclic) bond motifs is 1. The van der Waals surface area contributed by atoms with E-state index in [4.69, 9.17) is 0 Å². The number of halogens is 3. The van der Waals surface area contributed by atoms with Gasteiger partial charge in [0.1, 0.15) is 5.82 Å². The minimum absolute atomic E-state index is 0.564. The lowest BCUT2D eigenvalue weighted by Gasteiger charge is -2.32. The van der Waals surface area contributed by atoms with Crippen LogP contribution in [0.5, 0.6) is 0 Å². The molecule has 0 unspecified atom stereocenters. The minimum Gasteiger partial charge on any atom is -0.328 e. The van der Waals surface area contributed by atoms with Crippen LogP contribution < -0.4 is 0 Å². The molecule has 0 atom stereocenters. The number of hydrogen-bond acceptors (Lipinski definition) is 2. The van der Waals surface area contributed by atoms with Crippen molar-refractivity contribution in [2.45, 2.75) is 39.0 Å². The lowest BCUT2D eigenvalue weighted by Crippen LogP contribution is -2.34. The lowest BCUT2D eigenvalue weighted by atomic mass is 9.96. The Labute approximate surface area is 162 Å². The molecule has 0 bridgehead atoms. The zero-order chi connectivity index (χ0) is 19.7. The summed E-state index contributed by atoms with van der Waals surface area (Å²) in [5, 5.41) is 0. The van der Waals surface area contributed by atoms with E-state index >= 15 is 0 Å². The van der Waals surface area contributed by atoms with Crippen molar-refractivity contribution in [3.05, 3.63) is 65.5 Å². The average Bonchev–Trinajstić information content (AvgIpc) is 2.98. The number of piperidine rings is 1. The van der Waals surface area contributed by atoms with E-state index in [1.54, 1.807) is 6.07 Å². The average molecular weight is 387 g/mol. The van der Waals surface area contributed by atoms with Crippen LogP contribution >= 0.6 is 0 Å². The molecule has 0 saturated carbocycles. The van der Waals surface area contributed by atoms with Gasteiger partial charge in [0.2, 0.25) is 0 Å². The van der Waals surface area contributed by atoms with Crippen LogP contribution in [-0.2, 0) is 19.3 Å². The number of hydrogen-bond donors (Lipinski definition) is 0. The van der Waals surface area contributed by atoms with Crippen molar-refractivity contribution < 1.29 is 13.2 Å². The van der Waals surface area contributed by atoms with Gasteiger partial charge in [-0.15, -0.1) is 0 Å². The van der Waals surface area contributed by atoms with Crippen molar-refractivity contribution in [1.82, 2.24) is 14.5 Å². The molecule has 4 rings (SSSR count). The van der Waals surface area contributed by atoms with Crippen molar-refractivity contribution in [3.63, 3.8) is 0 Å². The summed E-state index contributed by atoms with van der Waals surface area (Å²) in [7, 11) is 0. The van der Waals surface area contributed by atoms with Gasteiger partial charge in [0.25, 0.3) is 0 Å². The van der Waals surface area contributed by atoms with Gasteiger partial charge < -0.3 is 4.57 Å². The van der Waals surface area contributed by atoms with E-state index in [2.05, 4.69) is 20.5 Å². The van der Waals surface area contributed by atoms with Gasteiger partial charge in [-0.2, -0.15) is 13.2 Å². The summed E-state index contributed by atoms with van der Waals surface area (Å²) < 4.78 is 41.0. The third kappa shape index (κ3) is 4.07. The van der Waals surface area contributed by atoms with Crippen LogP contribution in [0.3, 0.4) is 0 Å². The number of para-hydroxylation sites is 2. The van der Waals surface area contributed by atoms with Crippen molar-refractivity contribution in [2.75, 3.05) is 13.1 Å². The second kappa shape index (κ2) is 7.59. The Kier molecular flexibility index (Phi) is 5.15. The molecule has 1 fully saturated rings. The summed E-state index contributed by atoms with van der Waals surface area (Å²) >= 11 is 0. The second-order valence-corrected chi connectivity index (χ2v) is 7.68. The van der Waals surface area contributed by atoms with Gasteiger partial charge in [-0.05, 0) is 62.5 Å². The number of aryl methyl sites for hydroxylation is 1. The van der Waals surface area contributed by atoms with E-state index < -0.39 is 11.7 Å². The van der Waals surface area contributed by atoms with Crippen LogP contribution in [0.4, 0.5) is 13.2 Å². The predicted octanol–water partition coefficient (Wildman–Crippen LogP) is 5.28. The molecule has 1 aliphatic rings. The SMILES string of the molecule is Cc1nc2ccccc2n1CC1CCN(Cc2cccc(C(F)(F)F)c2)CC1. The van der Waals surface area contributed by atoms with E-state index in [-0.39, 0.29) is 0 Å². The number of nitrogens with zero attached hydrogens (tertiary/aromatic N) is 3. The topological polar surface area (TPSA) is 21.1 Å². The normalized spacial score (nSPS) is 16.7. The van der Waals surface area contributed by atoms with Gasteiger partial charge in [0.05, 0.1) is 16.6 Å². The summed E-state index contributed by atoms with van der Waals surface area (Å²) in [5.74, 6) is 1.60. The summed E-state index contributed by atoms with van der Waals surface area (Å²) in [4.78, 5) is 6.89.